The first-order chi connectivity index (χ1) is 50.3. The lowest BCUT2D eigenvalue weighted by atomic mass is 9.33. The molecule has 5 nitrogen and oxygen atoms in total. The predicted molar refractivity (Wildman–Crippen MR) is 431 cm³/mol. The molecular weight excluding hydrogens is 1220 g/mol. The van der Waals surface area contributed by atoms with E-state index in [4.69, 9.17) is 16.3 Å². The van der Waals surface area contributed by atoms with E-state index in [1.165, 1.54) is 16.7 Å². The Morgan fingerprint density at radius 1 is 0.267 bits per heavy atom. The van der Waals surface area contributed by atoms with Crippen LogP contribution in [0.1, 0.15) is 139 Å². The van der Waals surface area contributed by atoms with Crippen LogP contribution in [0.5, 0.6) is 0 Å². The first-order valence-corrected chi connectivity index (χ1v) is 35.5. The van der Waals surface area contributed by atoms with Crippen LogP contribution in [0.4, 0.5) is 34.1 Å². The summed E-state index contributed by atoms with van der Waals surface area (Å²) in [6, 6.07) is 85.8. The van der Waals surface area contributed by atoms with Crippen molar-refractivity contribution < 1.29 is 6.85 Å². The van der Waals surface area contributed by atoms with Crippen molar-refractivity contribution in [3.05, 3.63) is 301 Å². The highest BCUT2D eigenvalue weighted by molar-refractivity contribution is 7.00. The highest BCUT2D eigenvalue weighted by Crippen LogP contribution is 2.56. The molecule has 0 aliphatic carbocycles. The molecule has 1 aromatic heterocycles. The third-order valence-corrected chi connectivity index (χ3v) is 20.3. The van der Waals surface area contributed by atoms with E-state index < -0.39 is 35.7 Å². The fourth-order valence-corrected chi connectivity index (χ4v) is 14.5. The minimum absolute atomic E-state index is 0.111. The average Bonchev–Trinajstić information content (AvgIpc) is 0.685. The molecule has 3 heterocycles. The van der Waals surface area contributed by atoms with E-state index in [0.717, 1.165) is 123 Å². The monoisotopic (exact) mass is 1320 g/mol. The molecule has 0 N–H and O–H groups in total. The number of nitrogens with zero attached hydrogens (tertiary/aromatic N) is 5. The van der Waals surface area contributed by atoms with Crippen LogP contribution in [0.15, 0.2) is 273 Å². The standard InChI is InChI=1S/C95H90BN5/c1-91(2,3)70-50-69(51-71(54-70)92(4,5)6)68-47-49-80-82(53-68)100(86-75(62-36-24-17-25-37-62)55-72(93(7,8)9)56-76(86)63-38-26-18-27-39-63)83-59-74(95(13,14)15)60-84-85(83)96(80)79-48-46-67(61-34-22-16-23-35-61)52-81(79)101(84)87-77(64-40-28-19-29-41-64)57-73(94(10,11)12)58-78(87)90-98-88(65-42-30-20-31-43-65)97-89(99-90)66-44-32-21-33-45-66/h16-60H,1-15H3/i16D,22D,23D,34D,35D. The summed E-state index contributed by atoms with van der Waals surface area (Å²) >= 11 is 0. The molecule has 2 aliphatic heterocycles. The van der Waals surface area contributed by atoms with Crippen LogP contribution in [-0.4, -0.2) is 21.7 Å². The number of fused-ring (bicyclic) bond motifs is 4. The quantitative estimate of drug-likeness (QED) is 0.128. The summed E-state index contributed by atoms with van der Waals surface area (Å²) in [4.78, 5) is 21.6. The van der Waals surface area contributed by atoms with Gasteiger partial charge in [0.1, 0.15) is 0 Å². The molecule has 0 saturated heterocycles. The first kappa shape index (κ1) is 60.3. The lowest BCUT2D eigenvalue weighted by molar-refractivity contribution is 0.569. The largest absolute Gasteiger partial charge is 0.310 e. The van der Waals surface area contributed by atoms with Crippen LogP contribution >= 0.6 is 0 Å². The van der Waals surface area contributed by atoms with Gasteiger partial charge in [-0.25, -0.2) is 15.0 Å². The zero-order valence-electron chi connectivity index (χ0n) is 65.9. The summed E-state index contributed by atoms with van der Waals surface area (Å²) in [6.07, 6.45) is 0. The van der Waals surface area contributed by atoms with Crippen molar-refractivity contribution in [2.75, 3.05) is 9.80 Å². The second-order valence-corrected chi connectivity index (χ2v) is 32.6. The van der Waals surface area contributed by atoms with E-state index in [1.807, 2.05) is 66.7 Å². The number of hydrogen-bond donors (Lipinski definition) is 0. The van der Waals surface area contributed by atoms with Gasteiger partial charge in [0, 0.05) is 56.1 Å². The Labute approximate surface area is 606 Å². The molecule has 6 heteroatoms. The third kappa shape index (κ3) is 12.5. The lowest BCUT2D eigenvalue weighted by Crippen LogP contribution is -2.61. The fraction of sp³-hybridized carbons (Fsp3) is 0.211. The molecule has 2 aliphatic rings. The van der Waals surface area contributed by atoms with Gasteiger partial charge in [0.2, 0.25) is 0 Å². The summed E-state index contributed by atoms with van der Waals surface area (Å²) in [7, 11) is 0. The molecule has 0 radical (unpaired) electrons. The molecule has 0 spiro atoms. The van der Waals surface area contributed by atoms with Crippen LogP contribution in [-0.2, 0) is 27.1 Å². The van der Waals surface area contributed by atoms with Crippen molar-refractivity contribution in [2.45, 2.75) is 131 Å². The molecule has 15 rings (SSSR count). The van der Waals surface area contributed by atoms with Crippen molar-refractivity contribution in [3.63, 3.8) is 0 Å². The Balaban J connectivity index is 1.16. The van der Waals surface area contributed by atoms with Crippen LogP contribution in [0.2, 0.25) is 0 Å². The minimum atomic E-state index is -0.474. The number of aromatic nitrogens is 3. The molecular formula is C95H90BN5. The minimum Gasteiger partial charge on any atom is -0.310 e. The second kappa shape index (κ2) is 25.2. The fourth-order valence-electron chi connectivity index (χ4n) is 14.5. The van der Waals surface area contributed by atoms with E-state index in [1.54, 1.807) is 0 Å². The summed E-state index contributed by atoms with van der Waals surface area (Å²) in [5.74, 6) is 1.49. The van der Waals surface area contributed by atoms with Gasteiger partial charge in [0.05, 0.1) is 18.2 Å². The average molecular weight is 1320 g/mol. The summed E-state index contributed by atoms with van der Waals surface area (Å²) in [5, 5.41) is 0. The van der Waals surface area contributed by atoms with Crippen molar-refractivity contribution in [3.8, 4) is 89.8 Å². The molecule has 101 heavy (non-hydrogen) atoms. The van der Waals surface area contributed by atoms with E-state index in [0.29, 0.717) is 23.0 Å². The van der Waals surface area contributed by atoms with Crippen LogP contribution < -0.4 is 26.2 Å². The molecule has 498 valence electrons. The Bertz CT molecular complexity index is 5430. The molecule has 0 fully saturated rings. The molecule has 0 amide bonds. The zero-order chi connectivity index (χ0) is 74.8. The van der Waals surface area contributed by atoms with Gasteiger partial charge in [0.15, 0.2) is 17.5 Å². The Kier molecular flexibility index (Phi) is 15.0. The van der Waals surface area contributed by atoms with Gasteiger partial charge in [0.25, 0.3) is 6.71 Å². The highest BCUT2D eigenvalue weighted by Gasteiger charge is 2.47. The molecule has 12 aromatic carbocycles. The maximum atomic E-state index is 9.69. The van der Waals surface area contributed by atoms with E-state index in [2.05, 4.69) is 290 Å². The maximum Gasteiger partial charge on any atom is 0.252 e. The topological polar surface area (TPSA) is 45.2 Å². The van der Waals surface area contributed by atoms with Gasteiger partial charge >= 0.3 is 0 Å². The van der Waals surface area contributed by atoms with Crippen LogP contribution in [0, 0.1) is 0 Å². The van der Waals surface area contributed by atoms with E-state index >= 15 is 0 Å². The summed E-state index contributed by atoms with van der Waals surface area (Å²) in [5.41, 5.74) is 24.4. The zero-order valence-corrected chi connectivity index (χ0v) is 60.9. The van der Waals surface area contributed by atoms with Gasteiger partial charge in [-0.1, -0.05) is 328 Å². The van der Waals surface area contributed by atoms with Crippen molar-refractivity contribution >= 4 is 57.2 Å². The second-order valence-electron chi connectivity index (χ2n) is 32.6. The molecule has 0 saturated carbocycles. The van der Waals surface area contributed by atoms with Crippen LogP contribution in [0.25, 0.3) is 89.8 Å². The smallest absolute Gasteiger partial charge is 0.252 e. The summed E-state index contributed by atoms with van der Waals surface area (Å²) < 4.78 is 46.6. The SMILES string of the molecule is [2H]c1c([2H])c([2H])c(-c2ccc3c(c2)N(c2c(-c4ccccc4)cc(C(C)(C)C)cc2-c2nc(-c4ccccc4)nc(-c4ccccc4)n2)c2cc(C(C)(C)C)cc4c2B3c2ccc(-c3cc(C(C)(C)C)cc(C(C)(C)C)c3)cc2N4c2c(-c3ccccc3)cc(C(C)(C)C)cc2-c2ccccc2)c([2H])c1[2H]. The van der Waals surface area contributed by atoms with E-state index in [-0.39, 0.29) is 33.9 Å². The normalized spacial score (nSPS) is 13.7. The molecule has 13 aromatic rings. The first-order valence-electron chi connectivity index (χ1n) is 38.0. The van der Waals surface area contributed by atoms with Gasteiger partial charge in [-0.2, -0.15) is 0 Å². The van der Waals surface area contributed by atoms with Crippen LogP contribution in [0.3, 0.4) is 0 Å². The number of benzene rings is 12. The molecule has 0 bridgehead atoms. The Morgan fingerprint density at radius 2 is 0.584 bits per heavy atom. The van der Waals surface area contributed by atoms with Gasteiger partial charge in [-0.15, -0.1) is 0 Å². The lowest BCUT2D eigenvalue weighted by Gasteiger charge is -2.46. The van der Waals surface area contributed by atoms with Gasteiger partial charge in [-0.3, -0.25) is 0 Å². The maximum absolute atomic E-state index is 9.69. The number of rotatable bonds is 10. The Hall–Kier alpha value is -10.7. The Morgan fingerprint density at radius 3 is 0.960 bits per heavy atom. The van der Waals surface area contributed by atoms with Gasteiger partial charge in [-0.05, 0) is 159 Å². The van der Waals surface area contributed by atoms with Gasteiger partial charge < -0.3 is 9.80 Å². The van der Waals surface area contributed by atoms with Crippen molar-refractivity contribution in [1.82, 2.24) is 15.0 Å². The van der Waals surface area contributed by atoms with E-state index in [9.17, 15) is 5.48 Å². The third-order valence-electron chi connectivity index (χ3n) is 20.3. The number of hydrogen-bond acceptors (Lipinski definition) is 5. The van der Waals surface area contributed by atoms with Crippen molar-refractivity contribution in [1.29, 1.82) is 0 Å². The summed E-state index contributed by atoms with van der Waals surface area (Å²) in [6.45, 7) is 33.9. The highest BCUT2D eigenvalue weighted by atomic mass is 15.2. The predicted octanol–water partition coefficient (Wildman–Crippen LogP) is 23.8. The molecule has 0 atom stereocenters. The molecule has 0 unspecified atom stereocenters. The van der Waals surface area contributed by atoms with Crippen molar-refractivity contribution in [2.24, 2.45) is 0 Å². The number of anilines is 6.